The molecule has 9 heteroatoms. The van der Waals surface area contributed by atoms with E-state index in [1.54, 1.807) is 0 Å². The number of aromatic nitrogens is 4. The van der Waals surface area contributed by atoms with Crippen LogP contribution in [0.4, 0.5) is 0 Å². The molecule has 0 saturated carbocycles. The van der Waals surface area contributed by atoms with Crippen LogP contribution in [0.25, 0.3) is 22.4 Å². The van der Waals surface area contributed by atoms with Crippen molar-refractivity contribution in [3.63, 3.8) is 0 Å². The van der Waals surface area contributed by atoms with E-state index >= 15 is 0 Å². The minimum atomic E-state index is -0.722. The lowest BCUT2D eigenvalue weighted by molar-refractivity contribution is 0.0994. The highest BCUT2D eigenvalue weighted by Gasteiger charge is 2.26. The maximum Gasteiger partial charge on any atom is 0.269 e. The summed E-state index contributed by atoms with van der Waals surface area (Å²) in [6.07, 6.45) is -0.160. The zero-order valence-corrected chi connectivity index (χ0v) is 21.2. The summed E-state index contributed by atoms with van der Waals surface area (Å²) in [5.41, 5.74) is 10.1. The van der Waals surface area contributed by atoms with Crippen LogP contribution in [-0.2, 0) is 13.1 Å². The lowest BCUT2D eigenvalue weighted by Gasteiger charge is -2.12. The Kier molecular flexibility index (Phi) is 6.70. The molecule has 2 aromatic heterocycles. The Morgan fingerprint density at radius 3 is 2.84 bits per heavy atom. The van der Waals surface area contributed by atoms with Gasteiger partial charge in [0.05, 0.1) is 35.4 Å². The zero-order chi connectivity index (χ0) is 26.1. The number of imidazole rings is 2. The number of rotatable bonds is 6. The van der Waals surface area contributed by atoms with Gasteiger partial charge in [0.1, 0.15) is 30.1 Å². The second kappa shape index (κ2) is 10.1. The molecule has 3 heterocycles. The van der Waals surface area contributed by atoms with E-state index in [1.807, 2.05) is 73.0 Å². The predicted molar refractivity (Wildman–Crippen MR) is 141 cm³/mol. The van der Waals surface area contributed by atoms with Gasteiger partial charge in [-0.3, -0.25) is 4.79 Å². The molecule has 5 rings (SSSR count). The third-order valence-corrected chi connectivity index (χ3v) is 6.49. The first-order chi connectivity index (χ1) is 17.8. The summed E-state index contributed by atoms with van der Waals surface area (Å²) in [6, 6.07) is 13.5. The van der Waals surface area contributed by atoms with Crippen LogP contribution in [-0.4, -0.2) is 68.4 Å². The number of amides is 1. The van der Waals surface area contributed by atoms with Crippen LogP contribution in [0.1, 0.15) is 34.0 Å². The molecule has 190 valence electrons. The summed E-state index contributed by atoms with van der Waals surface area (Å²) in [5.74, 6) is 7.50. The first-order valence-electron chi connectivity index (χ1n) is 12.2. The van der Waals surface area contributed by atoms with Gasteiger partial charge in [-0.25, -0.2) is 9.97 Å². The van der Waals surface area contributed by atoms with Crippen molar-refractivity contribution >= 4 is 16.9 Å². The molecule has 0 aliphatic carbocycles. The Balaban J connectivity index is 1.56. The maximum absolute atomic E-state index is 12.5. The summed E-state index contributed by atoms with van der Waals surface area (Å²) in [7, 11) is 3.92. The van der Waals surface area contributed by atoms with Crippen LogP contribution >= 0.6 is 0 Å². The third-order valence-electron chi connectivity index (χ3n) is 6.49. The summed E-state index contributed by atoms with van der Waals surface area (Å²) >= 11 is 0. The molecule has 0 bridgehead atoms. The summed E-state index contributed by atoms with van der Waals surface area (Å²) in [4.78, 5) is 23.9. The number of aliphatic hydroxyl groups is 1. The van der Waals surface area contributed by atoms with Crippen molar-refractivity contribution in [2.24, 2.45) is 5.73 Å². The van der Waals surface area contributed by atoms with Crippen LogP contribution in [0.15, 0.2) is 42.5 Å². The number of hydrogen-bond donors (Lipinski definition) is 2. The van der Waals surface area contributed by atoms with E-state index < -0.39 is 12.0 Å². The van der Waals surface area contributed by atoms with Gasteiger partial charge in [0.15, 0.2) is 5.69 Å². The predicted octanol–water partition coefficient (Wildman–Crippen LogP) is 2.41. The van der Waals surface area contributed by atoms with Gasteiger partial charge in [-0.1, -0.05) is 24.0 Å². The van der Waals surface area contributed by atoms with Crippen molar-refractivity contribution < 1.29 is 14.6 Å². The Hall–Kier alpha value is -4.13. The lowest BCUT2D eigenvalue weighted by Crippen LogP contribution is -2.19. The Morgan fingerprint density at radius 1 is 1.24 bits per heavy atom. The van der Waals surface area contributed by atoms with Gasteiger partial charge in [0.25, 0.3) is 5.91 Å². The molecule has 2 aromatic carbocycles. The van der Waals surface area contributed by atoms with Crippen molar-refractivity contribution in [2.45, 2.75) is 32.5 Å². The number of para-hydroxylation sites is 2. The van der Waals surface area contributed by atoms with E-state index in [0.717, 1.165) is 34.5 Å². The van der Waals surface area contributed by atoms with Gasteiger partial charge in [-0.2, -0.15) is 0 Å². The van der Waals surface area contributed by atoms with E-state index in [9.17, 15) is 9.90 Å². The number of nitrogens with zero attached hydrogens (tertiary/aromatic N) is 5. The van der Waals surface area contributed by atoms with E-state index in [0.29, 0.717) is 43.4 Å². The molecular weight excluding hydrogens is 468 g/mol. The maximum atomic E-state index is 12.5. The fourth-order valence-corrected chi connectivity index (χ4v) is 4.61. The number of fused-ring (bicyclic) bond motifs is 4. The van der Waals surface area contributed by atoms with Gasteiger partial charge in [0, 0.05) is 12.1 Å². The number of hydrogen-bond acceptors (Lipinski definition) is 6. The fourth-order valence-electron chi connectivity index (χ4n) is 4.61. The van der Waals surface area contributed by atoms with Crippen molar-refractivity contribution in [1.82, 2.24) is 24.0 Å². The average Bonchev–Trinajstić information content (AvgIpc) is 3.33. The molecule has 1 aliphatic heterocycles. The van der Waals surface area contributed by atoms with Gasteiger partial charge in [-0.05, 0) is 57.8 Å². The van der Waals surface area contributed by atoms with Gasteiger partial charge in [0.2, 0.25) is 0 Å². The van der Waals surface area contributed by atoms with Crippen LogP contribution < -0.4 is 10.5 Å². The number of aryl methyl sites for hydroxylation is 1. The largest absolute Gasteiger partial charge is 0.491 e. The van der Waals surface area contributed by atoms with E-state index in [1.165, 1.54) is 0 Å². The highest BCUT2D eigenvalue weighted by atomic mass is 16.5. The van der Waals surface area contributed by atoms with Crippen LogP contribution in [0, 0.1) is 18.8 Å². The van der Waals surface area contributed by atoms with Crippen molar-refractivity contribution in [2.75, 3.05) is 27.2 Å². The smallest absolute Gasteiger partial charge is 0.269 e. The van der Waals surface area contributed by atoms with Gasteiger partial charge in [-0.15, -0.1) is 0 Å². The molecule has 1 aliphatic rings. The number of ether oxygens (including phenoxy) is 1. The van der Waals surface area contributed by atoms with E-state index in [-0.39, 0.29) is 5.69 Å². The number of primary amides is 1. The quantitative estimate of drug-likeness (QED) is 0.395. The number of carbonyl (C=O) groups is 1. The number of benzene rings is 2. The summed E-state index contributed by atoms with van der Waals surface area (Å²) in [6.45, 7) is 4.01. The van der Waals surface area contributed by atoms with Crippen LogP contribution in [0.2, 0.25) is 0 Å². The topological polar surface area (TPSA) is 111 Å². The fraction of sp³-hybridized carbons (Fsp3) is 0.321. The molecule has 37 heavy (non-hydrogen) atoms. The standard InChI is InChI=1S/C28H30N6O3/c1-18-30-22-6-4-5-7-23(22)34(18)17-24-26(27(29)36)31-28-21-16-19(8-10-20(35)12-13-32(2)3)9-11-25(21)37-15-14-33(24)28/h4-7,9,11,16,20,35H,12-15,17H2,1-3H3,(H2,29,36). The molecule has 0 spiro atoms. The minimum Gasteiger partial charge on any atom is -0.491 e. The highest BCUT2D eigenvalue weighted by molar-refractivity contribution is 5.93. The van der Waals surface area contributed by atoms with Crippen LogP contribution in [0.3, 0.4) is 0 Å². The minimum absolute atomic E-state index is 0.232. The molecule has 1 unspecified atom stereocenters. The van der Waals surface area contributed by atoms with Crippen molar-refractivity contribution in [3.05, 3.63) is 65.2 Å². The Labute approximate surface area is 215 Å². The molecule has 1 atom stereocenters. The summed E-state index contributed by atoms with van der Waals surface area (Å²) in [5, 5.41) is 10.2. The Morgan fingerprint density at radius 2 is 2.05 bits per heavy atom. The van der Waals surface area contributed by atoms with Gasteiger partial charge < -0.3 is 29.6 Å². The normalized spacial score (nSPS) is 13.3. The molecule has 4 aromatic rings. The third kappa shape index (κ3) is 4.94. The summed E-state index contributed by atoms with van der Waals surface area (Å²) < 4.78 is 10.1. The Bertz CT molecular complexity index is 1540. The SMILES string of the molecule is Cc1nc2ccccc2n1Cc1c(C(N)=O)nc2n1CCOc1ccc(C#CC(O)CCN(C)C)cc1-2. The lowest BCUT2D eigenvalue weighted by atomic mass is 10.1. The first-order valence-corrected chi connectivity index (χ1v) is 12.2. The monoisotopic (exact) mass is 498 g/mol. The number of carbonyl (C=O) groups excluding carboxylic acids is 1. The number of nitrogens with two attached hydrogens (primary N) is 1. The molecule has 9 nitrogen and oxygen atoms in total. The molecule has 0 fully saturated rings. The number of aliphatic hydroxyl groups excluding tert-OH is 1. The van der Waals surface area contributed by atoms with Gasteiger partial charge >= 0.3 is 0 Å². The van der Waals surface area contributed by atoms with Crippen molar-refractivity contribution in [3.8, 4) is 29.0 Å². The van der Waals surface area contributed by atoms with E-state index in [4.69, 9.17) is 15.5 Å². The second-order valence-corrected chi connectivity index (χ2v) is 9.42. The molecular formula is C28H30N6O3. The van der Waals surface area contributed by atoms with Crippen LogP contribution in [0.5, 0.6) is 5.75 Å². The zero-order valence-electron chi connectivity index (χ0n) is 21.2. The second-order valence-electron chi connectivity index (χ2n) is 9.42. The first kappa shape index (κ1) is 24.6. The van der Waals surface area contributed by atoms with E-state index in [2.05, 4.69) is 21.4 Å². The highest BCUT2D eigenvalue weighted by Crippen LogP contribution is 2.35. The molecule has 0 saturated heterocycles. The van der Waals surface area contributed by atoms with Crippen molar-refractivity contribution in [1.29, 1.82) is 0 Å². The average molecular weight is 499 g/mol. The molecule has 3 N–H and O–H groups in total. The molecule has 1 amide bonds. The molecule has 0 radical (unpaired) electrons.